The Hall–Kier alpha value is -2.35. The minimum atomic E-state index is -2.91. The van der Waals surface area contributed by atoms with Crippen LogP contribution >= 0.6 is 0 Å². The third-order valence-corrected chi connectivity index (χ3v) is 5.23. The summed E-state index contributed by atoms with van der Waals surface area (Å²) in [5.74, 6) is -2.27. The number of halogens is 2. The van der Waals surface area contributed by atoms with Crippen molar-refractivity contribution in [3.8, 4) is 0 Å². The van der Waals surface area contributed by atoms with Crippen molar-refractivity contribution >= 4 is 11.9 Å². The lowest BCUT2D eigenvalue weighted by molar-refractivity contribution is -0.00729. The Morgan fingerprint density at radius 3 is 2.58 bits per heavy atom. The van der Waals surface area contributed by atoms with Gasteiger partial charge in [0.05, 0.1) is 6.10 Å². The van der Waals surface area contributed by atoms with Crippen molar-refractivity contribution in [2.75, 3.05) is 10.6 Å². The Morgan fingerprint density at radius 1 is 1.12 bits per heavy atom. The molecule has 0 bridgehead atoms. The molecule has 1 saturated carbocycles. The zero-order valence-corrected chi connectivity index (χ0v) is 14.4. The number of nitrogens with zero attached hydrogens (tertiary/aromatic N) is 3. The lowest BCUT2D eigenvalue weighted by Crippen LogP contribution is -2.29. The van der Waals surface area contributed by atoms with E-state index in [1.54, 1.807) is 24.3 Å². The number of fused-ring (bicyclic) bond motifs is 1. The number of alkyl halides is 2. The van der Waals surface area contributed by atoms with Gasteiger partial charge in [-0.25, -0.2) is 18.7 Å². The highest BCUT2D eigenvalue weighted by atomic mass is 19.3. The quantitative estimate of drug-likeness (QED) is 0.777. The molecule has 0 saturated heterocycles. The maximum atomic E-state index is 14.4. The van der Waals surface area contributed by atoms with E-state index < -0.39 is 12.0 Å². The van der Waals surface area contributed by atoms with Crippen molar-refractivity contribution in [3.63, 3.8) is 0 Å². The summed E-state index contributed by atoms with van der Waals surface area (Å²) in [4.78, 5) is 12.3. The molecule has 1 heterocycles. The number of benzene rings is 1. The van der Waals surface area contributed by atoms with Crippen molar-refractivity contribution in [1.29, 1.82) is 0 Å². The first-order valence-electron chi connectivity index (χ1n) is 8.78. The van der Waals surface area contributed by atoms with Crippen LogP contribution in [0.4, 0.5) is 20.7 Å². The second-order valence-electron chi connectivity index (χ2n) is 7.20. The van der Waals surface area contributed by atoms with Gasteiger partial charge in [0.15, 0.2) is 0 Å². The number of aliphatic hydroxyl groups is 1. The average Bonchev–Trinajstić information content (AvgIpc) is 3.03. The Morgan fingerprint density at radius 2 is 1.85 bits per heavy atom. The molecule has 2 aromatic rings. The van der Waals surface area contributed by atoms with E-state index >= 15 is 0 Å². The zero-order valence-electron chi connectivity index (χ0n) is 14.4. The van der Waals surface area contributed by atoms with Crippen molar-refractivity contribution in [1.82, 2.24) is 15.0 Å². The van der Waals surface area contributed by atoms with Crippen molar-refractivity contribution in [2.24, 2.45) is 5.92 Å². The van der Waals surface area contributed by atoms with Crippen LogP contribution < -0.4 is 10.6 Å². The van der Waals surface area contributed by atoms with Gasteiger partial charge in [-0.3, -0.25) is 0 Å². The molecule has 26 heavy (non-hydrogen) atoms. The van der Waals surface area contributed by atoms with E-state index in [1.165, 1.54) is 6.33 Å². The summed E-state index contributed by atoms with van der Waals surface area (Å²) in [7, 11) is 0. The molecule has 138 valence electrons. The Kier molecular flexibility index (Phi) is 4.22. The lowest BCUT2D eigenvalue weighted by Gasteiger charge is -2.21. The summed E-state index contributed by atoms with van der Waals surface area (Å²) in [6.45, 7) is 1.99. The van der Waals surface area contributed by atoms with Crippen LogP contribution in [0.25, 0.3) is 0 Å². The van der Waals surface area contributed by atoms with Crippen LogP contribution in [0.5, 0.6) is 0 Å². The smallest absolute Gasteiger partial charge is 0.276 e. The molecule has 1 aromatic carbocycles. The van der Waals surface area contributed by atoms with E-state index in [4.69, 9.17) is 0 Å². The summed E-state index contributed by atoms with van der Waals surface area (Å²) in [6.07, 6.45) is 2.08. The number of aromatic nitrogens is 3. The molecule has 8 heteroatoms. The van der Waals surface area contributed by atoms with Gasteiger partial charge >= 0.3 is 0 Å². The Labute approximate surface area is 150 Å². The van der Waals surface area contributed by atoms with Crippen LogP contribution in [0, 0.1) is 5.92 Å². The van der Waals surface area contributed by atoms with Gasteiger partial charge in [0, 0.05) is 12.5 Å². The molecule has 0 aliphatic heterocycles. The highest BCUT2D eigenvalue weighted by molar-refractivity contribution is 5.45. The monoisotopic (exact) mass is 361 g/mol. The van der Waals surface area contributed by atoms with Gasteiger partial charge < -0.3 is 15.7 Å². The van der Waals surface area contributed by atoms with Crippen LogP contribution in [0.15, 0.2) is 30.6 Å². The predicted octanol–water partition coefficient (Wildman–Crippen LogP) is 2.79. The largest absolute Gasteiger partial charge is 0.393 e. The first kappa shape index (κ1) is 17.1. The molecule has 1 aromatic heterocycles. The third-order valence-electron chi connectivity index (χ3n) is 5.23. The van der Waals surface area contributed by atoms with E-state index in [9.17, 15) is 13.9 Å². The number of anilines is 2. The van der Waals surface area contributed by atoms with E-state index in [2.05, 4.69) is 25.6 Å². The van der Waals surface area contributed by atoms with Crippen LogP contribution in [-0.2, 0) is 6.42 Å². The first-order chi connectivity index (χ1) is 12.4. The second-order valence-corrected chi connectivity index (χ2v) is 7.20. The minimum Gasteiger partial charge on any atom is -0.393 e. The molecule has 0 unspecified atom stereocenters. The minimum absolute atomic E-state index is 0.0592. The van der Waals surface area contributed by atoms with Gasteiger partial charge in [-0.15, -0.1) is 0 Å². The second kappa shape index (κ2) is 6.42. The van der Waals surface area contributed by atoms with E-state index in [0.29, 0.717) is 23.5 Å². The molecule has 4 atom stereocenters. The maximum Gasteiger partial charge on any atom is 0.276 e. The highest BCUT2D eigenvalue weighted by Crippen LogP contribution is 2.44. The van der Waals surface area contributed by atoms with Gasteiger partial charge in [-0.2, -0.15) is 4.98 Å². The average molecular weight is 361 g/mol. The van der Waals surface area contributed by atoms with Crippen molar-refractivity contribution in [2.45, 2.75) is 50.3 Å². The normalized spacial score (nSPS) is 29.4. The summed E-state index contributed by atoms with van der Waals surface area (Å²) >= 11 is 0. The van der Waals surface area contributed by atoms with Crippen LogP contribution in [0.3, 0.4) is 0 Å². The topological polar surface area (TPSA) is 83.0 Å². The third kappa shape index (κ3) is 3.21. The van der Waals surface area contributed by atoms with Crippen LogP contribution in [-0.4, -0.2) is 38.1 Å². The lowest BCUT2D eigenvalue weighted by atomic mass is 10.1. The fraction of sp³-hybridized carbons (Fsp3) is 0.500. The molecule has 0 radical (unpaired) electrons. The van der Waals surface area contributed by atoms with Crippen LogP contribution in [0.1, 0.15) is 36.9 Å². The number of hydrogen-bond acceptors (Lipinski definition) is 6. The molecule has 3 N–H and O–H groups in total. The molecule has 0 spiro atoms. The highest BCUT2D eigenvalue weighted by Gasteiger charge is 2.47. The molecule has 0 amide bonds. The molecule has 1 fully saturated rings. The SMILES string of the molecule is C[C@H]1C[C@@H](Nc2ncnc(N[C@@H]3c4ccccc4CC3(F)F)n2)C[C@@H]1O. The van der Waals surface area contributed by atoms with E-state index in [-0.39, 0.29) is 30.4 Å². The van der Waals surface area contributed by atoms with Crippen LogP contribution in [0.2, 0.25) is 0 Å². The standard InChI is InChI=1S/C18H21F2N5O/c1-10-6-12(7-14(10)26)23-16-21-9-22-17(25-16)24-15-13-5-3-2-4-11(13)8-18(15,19)20/h2-5,9-10,12,14-15,26H,6-8H2,1H3,(H2,21,22,23,24,25)/t10-,12+,14-,15+/m0/s1. The number of nitrogens with one attached hydrogen (secondary N) is 2. The number of hydrogen-bond donors (Lipinski definition) is 3. The predicted molar refractivity (Wildman–Crippen MR) is 93.1 cm³/mol. The molecular weight excluding hydrogens is 340 g/mol. The Balaban J connectivity index is 1.51. The van der Waals surface area contributed by atoms with Crippen molar-refractivity contribution < 1.29 is 13.9 Å². The molecule has 6 nitrogen and oxygen atoms in total. The Bertz CT molecular complexity index is 793. The van der Waals surface area contributed by atoms with Gasteiger partial charge in [0.2, 0.25) is 11.9 Å². The van der Waals surface area contributed by atoms with E-state index in [0.717, 1.165) is 6.42 Å². The summed E-state index contributed by atoms with van der Waals surface area (Å²) in [5, 5.41) is 15.8. The zero-order chi connectivity index (χ0) is 18.3. The van der Waals surface area contributed by atoms with Gasteiger partial charge in [0.25, 0.3) is 5.92 Å². The van der Waals surface area contributed by atoms with Gasteiger partial charge in [-0.1, -0.05) is 31.2 Å². The number of rotatable bonds is 4. The van der Waals surface area contributed by atoms with Gasteiger partial charge in [-0.05, 0) is 29.9 Å². The molecule has 2 aliphatic rings. The number of aliphatic hydroxyl groups excluding tert-OH is 1. The molecule has 4 rings (SSSR count). The van der Waals surface area contributed by atoms with Gasteiger partial charge in [0.1, 0.15) is 12.4 Å². The summed E-state index contributed by atoms with van der Waals surface area (Å²) < 4.78 is 28.8. The fourth-order valence-corrected chi connectivity index (χ4v) is 3.83. The summed E-state index contributed by atoms with van der Waals surface area (Å²) in [5.41, 5.74) is 1.21. The molecular formula is C18H21F2N5O. The van der Waals surface area contributed by atoms with E-state index in [1.807, 2.05) is 6.92 Å². The summed E-state index contributed by atoms with van der Waals surface area (Å²) in [6, 6.07) is 5.83. The first-order valence-corrected chi connectivity index (χ1v) is 8.78. The molecule has 2 aliphatic carbocycles. The van der Waals surface area contributed by atoms with Crippen molar-refractivity contribution in [3.05, 3.63) is 41.7 Å². The maximum absolute atomic E-state index is 14.4. The fourth-order valence-electron chi connectivity index (χ4n) is 3.83.